The van der Waals surface area contributed by atoms with Crippen LogP contribution < -0.4 is 5.32 Å². The molecule has 0 aliphatic heterocycles. The second kappa shape index (κ2) is 3.64. The lowest BCUT2D eigenvalue weighted by molar-refractivity contribution is 0.275. The molecule has 1 aromatic heterocycles. The third-order valence-corrected chi connectivity index (χ3v) is 2.90. The third kappa shape index (κ3) is 2.00. The molecule has 2 rings (SSSR count). The molecule has 1 fully saturated rings. The van der Waals surface area contributed by atoms with E-state index in [0.717, 1.165) is 16.6 Å². The SMILES string of the molecule is OC[C@@H]1C[C@H]1Nc1ccncc1Br. The van der Waals surface area contributed by atoms with Gasteiger partial charge in [0.25, 0.3) is 0 Å². The molecule has 2 N–H and O–H groups in total. The van der Waals surface area contributed by atoms with Crippen LogP contribution in [0.1, 0.15) is 6.42 Å². The number of hydrogen-bond acceptors (Lipinski definition) is 3. The van der Waals surface area contributed by atoms with Crippen molar-refractivity contribution in [2.24, 2.45) is 5.92 Å². The van der Waals surface area contributed by atoms with E-state index in [2.05, 4.69) is 26.2 Å². The number of nitrogens with zero attached hydrogens (tertiary/aromatic N) is 1. The van der Waals surface area contributed by atoms with Crippen molar-refractivity contribution in [3.8, 4) is 0 Å². The van der Waals surface area contributed by atoms with Crippen molar-refractivity contribution in [3.05, 3.63) is 22.9 Å². The van der Waals surface area contributed by atoms with Crippen molar-refractivity contribution in [2.75, 3.05) is 11.9 Å². The Labute approximate surface area is 85.3 Å². The standard InChI is InChI=1S/C9H11BrN2O/c10-7-4-11-2-1-8(7)12-9-3-6(9)5-13/h1-2,4,6,9,13H,3,5H2,(H,11,12)/t6-,9+/m0/s1. The van der Waals surface area contributed by atoms with Crippen LogP contribution in [0, 0.1) is 5.92 Å². The molecule has 0 spiro atoms. The summed E-state index contributed by atoms with van der Waals surface area (Å²) in [6.07, 6.45) is 4.58. The number of halogens is 1. The fourth-order valence-corrected chi connectivity index (χ4v) is 1.68. The summed E-state index contributed by atoms with van der Waals surface area (Å²) < 4.78 is 0.971. The predicted octanol–water partition coefficient (Wildman–Crippen LogP) is 1.64. The minimum absolute atomic E-state index is 0.278. The molecule has 1 aromatic rings. The van der Waals surface area contributed by atoms with Crippen LogP contribution in [0.25, 0.3) is 0 Å². The lowest BCUT2D eigenvalue weighted by atomic mass is 10.4. The summed E-state index contributed by atoms with van der Waals surface area (Å²) >= 11 is 3.41. The van der Waals surface area contributed by atoms with Crippen LogP contribution >= 0.6 is 15.9 Å². The number of aromatic nitrogens is 1. The molecular weight excluding hydrogens is 232 g/mol. The van der Waals surface area contributed by atoms with Crippen LogP contribution in [0.4, 0.5) is 5.69 Å². The summed E-state index contributed by atoms with van der Waals surface area (Å²) in [5.74, 6) is 0.431. The van der Waals surface area contributed by atoms with E-state index in [1.807, 2.05) is 6.07 Å². The quantitative estimate of drug-likeness (QED) is 0.848. The van der Waals surface area contributed by atoms with E-state index in [1.54, 1.807) is 12.4 Å². The van der Waals surface area contributed by atoms with Crippen LogP contribution in [0.5, 0.6) is 0 Å². The van der Waals surface area contributed by atoms with Gasteiger partial charge < -0.3 is 10.4 Å². The Morgan fingerprint density at radius 1 is 1.69 bits per heavy atom. The van der Waals surface area contributed by atoms with Gasteiger partial charge in [0, 0.05) is 31.0 Å². The number of pyridine rings is 1. The van der Waals surface area contributed by atoms with Gasteiger partial charge in [-0.1, -0.05) is 0 Å². The molecular formula is C9H11BrN2O. The normalized spacial score (nSPS) is 25.7. The van der Waals surface area contributed by atoms with Crippen molar-refractivity contribution < 1.29 is 5.11 Å². The molecule has 13 heavy (non-hydrogen) atoms. The van der Waals surface area contributed by atoms with E-state index >= 15 is 0 Å². The van der Waals surface area contributed by atoms with Gasteiger partial charge in [-0.25, -0.2) is 0 Å². The molecule has 0 aromatic carbocycles. The maximum atomic E-state index is 8.86. The average Bonchev–Trinajstić information content (AvgIpc) is 2.88. The molecule has 0 amide bonds. The van der Waals surface area contributed by atoms with Gasteiger partial charge in [0.05, 0.1) is 10.2 Å². The second-order valence-electron chi connectivity index (χ2n) is 3.28. The fourth-order valence-electron chi connectivity index (χ4n) is 1.32. The van der Waals surface area contributed by atoms with Gasteiger partial charge in [-0.2, -0.15) is 0 Å². The molecule has 0 radical (unpaired) electrons. The van der Waals surface area contributed by atoms with Gasteiger partial charge in [-0.15, -0.1) is 0 Å². The Morgan fingerprint density at radius 2 is 2.54 bits per heavy atom. The Balaban J connectivity index is 1.99. The summed E-state index contributed by atoms with van der Waals surface area (Å²) in [5, 5.41) is 12.2. The van der Waals surface area contributed by atoms with Crippen LogP contribution in [-0.4, -0.2) is 22.7 Å². The molecule has 1 aliphatic rings. The van der Waals surface area contributed by atoms with E-state index in [0.29, 0.717) is 12.0 Å². The lowest BCUT2D eigenvalue weighted by Gasteiger charge is -2.06. The van der Waals surface area contributed by atoms with Crippen LogP contribution in [0.15, 0.2) is 22.9 Å². The van der Waals surface area contributed by atoms with Crippen LogP contribution in [-0.2, 0) is 0 Å². The topological polar surface area (TPSA) is 45.1 Å². The summed E-state index contributed by atoms with van der Waals surface area (Å²) in [5.41, 5.74) is 1.05. The van der Waals surface area contributed by atoms with Crippen molar-refractivity contribution in [1.29, 1.82) is 0 Å². The van der Waals surface area contributed by atoms with Crippen LogP contribution in [0.3, 0.4) is 0 Å². The Morgan fingerprint density at radius 3 is 3.15 bits per heavy atom. The Hall–Kier alpha value is -0.610. The summed E-state index contributed by atoms with van der Waals surface area (Å²) in [4.78, 5) is 3.98. The molecule has 0 unspecified atom stereocenters. The molecule has 2 atom stereocenters. The smallest absolute Gasteiger partial charge is 0.0590 e. The molecule has 4 heteroatoms. The first-order valence-corrected chi connectivity index (χ1v) is 5.07. The van der Waals surface area contributed by atoms with Crippen molar-refractivity contribution in [1.82, 2.24) is 4.98 Å². The number of anilines is 1. The van der Waals surface area contributed by atoms with E-state index in [1.165, 1.54) is 0 Å². The fraction of sp³-hybridized carbons (Fsp3) is 0.444. The maximum absolute atomic E-state index is 8.86. The van der Waals surface area contributed by atoms with E-state index in [4.69, 9.17) is 5.11 Å². The molecule has 1 aliphatic carbocycles. The summed E-state index contributed by atoms with van der Waals surface area (Å²) in [6, 6.07) is 2.36. The highest BCUT2D eigenvalue weighted by Crippen LogP contribution is 2.34. The number of rotatable bonds is 3. The van der Waals surface area contributed by atoms with Gasteiger partial charge in [0.1, 0.15) is 0 Å². The van der Waals surface area contributed by atoms with Gasteiger partial charge >= 0.3 is 0 Å². The van der Waals surface area contributed by atoms with E-state index < -0.39 is 0 Å². The summed E-state index contributed by atoms with van der Waals surface area (Å²) in [7, 11) is 0. The number of aliphatic hydroxyl groups is 1. The van der Waals surface area contributed by atoms with Gasteiger partial charge in [0.2, 0.25) is 0 Å². The first-order valence-electron chi connectivity index (χ1n) is 4.28. The molecule has 0 saturated heterocycles. The summed E-state index contributed by atoms with van der Waals surface area (Å²) in [6.45, 7) is 0.278. The van der Waals surface area contributed by atoms with Gasteiger partial charge in [-0.05, 0) is 28.4 Å². The highest BCUT2D eigenvalue weighted by molar-refractivity contribution is 9.10. The largest absolute Gasteiger partial charge is 0.396 e. The van der Waals surface area contributed by atoms with Crippen LogP contribution in [0.2, 0.25) is 0 Å². The number of aliphatic hydroxyl groups excluding tert-OH is 1. The van der Waals surface area contributed by atoms with E-state index in [-0.39, 0.29) is 6.61 Å². The predicted molar refractivity (Wildman–Crippen MR) is 54.5 cm³/mol. The molecule has 1 saturated carbocycles. The van der Waals surface area contributed by atoms with Gasteiger partial charge in [-0.3, -0.25) is 4.98 Å². The zero-order valence-electron chi connectivity index (χ0n) is 7.07. The Bertz CT molecular complexity index is 305. The van der Waals surface area contributed by atoms with E-state index in [9.17, 15) is 0 Å². The first kappa shape index (κ1) is 8.97. The Kier molecular flexibility index (Phi) is 2.51. The van der Waals surface area contributed by atoms with Crippen molar-refractivity contribution in [3.63, 3.8) is 0 Å². The number of hydrogen-bond donors (Lipinski definition) is 2. The maximum Gasteiger partial charge on any atom is 0.0590 e. The number of nitrogens with one attached hydrogen (secondary N) is 1. The molecule has 1 heterocycles. The highest BCUT2D eigenvalue weighted by atomic mass is 79.9. The monoisotopic (exact) mass is 242 g/mol. The first-order chi connectivity index (χ1) is 6.31. The third-order valence-electron chi connectivity index (χ3n) is 2.27. The lowest BCUT2D eigenvalue weighted by Crippen LogP contribution is -2.06. The molecule has 3 nitrogen and oxygen atoms in total. The zero-order chi connectivity index (χ0) is 9.26. The molecule has 0 bridgehead atoms. The van der Waals surface area contributed by atoms with Crippen molar-refractivity contribution >= 4 is 21.6 Å². The second-order valence-corrected chi connectivity index (χ2v) is 4.14. The molecule has 70 valence electrons. The van der Waals surface area contributed by atoms with Crippen molar-refractivity contribution in [2.45, 2.75) is 12.5 Å². The van der Waals surface area contributed by atoms with Gasteiger partial charge in [0.15, 0.2) is 0 Å². The zero-order valence-corrected chi connectivity index (χ0v) is 8.66. The minimum atomic E-state index is 0.278. The minimum Gasteiger partial charge on any atom is -0.396 e. The average molecular weight is 243 g/mol. The highest BCUT2D eigenvalue weighted by Gasteiger charge is 2.36.